The lowest BCUT2D eigenvalue weighted by molar-refractivity contribution is 0.311. The van der Waals surface area contributed by atoms with Gasteiger partial charge in [-0.25, -0.2) is 19.9 Å². The van der Waals surface area contributed by atoms with Gasteiger partial charge in [0.15, 0.2) is 0 Å². The van der Waals surface area contributed by atoms with Crippen LogP contribution < -0.4 is 10.6 Å². The lowest BCUT2D eigenvalue weighted by Crippen LogP contribution is -2.34. The van der Waals surface area contributed by atoms with Gasteiger partial charge in [-0.1, -0.05) is 0 Å². The first kappa shape index (κ1) is 17.1. The summed E-state index contributed by atoms with van der Waals surface area (Å²) in [6, 6.07) is 2.37. The lowest BCUT2D eigenvalue weighted by atomic mass is 9.78. The number of aliphatic hydroxyl groups excluding tert-OH is 1. The second-order valence-corrected chi connectivity index (χ2v) is 7.88. The van der Waals surface area contributed by atoms with Gasteiger partial charge in [-0.2, -0.15) is 0 Å². The van der Waals surface area contributed by atoms with Crippen molar-refractivity contribution in [3.63, 3.8) is 0 Å². The minimum atomic E-state index is 0.0869. The first-order chi connectivity index (χ1) is 12.7. The summed E-state index contributed by atoms with van der Waals surface area (Å²) in [5.41, 5.74) is 2.31. The van der Waals surface area contributed by atoms with Crippen LogP contribution >= 0.6 is 11.3 Å². The van der Waals surface area contributed by atoms with Crippen molar-refractivity contribution in [3.8, 4) is 0 Å². The van der Waals surface area contributed by atoms with Crippen LogP contribution in [0.3, 0.4) is 0 Å². The molecule has 136 valence electrons. The molecule has 1 saturated carbocycles. The monoisotopic (exact) mass is 370 g/mol. The predicted molar refractivity (Wildman–Crippen MR) is 104 cm³/mol. The van der Waals surface area contributed by atoms with E-state index in [1.165, 1.54) is 10.4 Å². The lowest BCUT2D eigenvalue weighted by Gasteiger charge is -2.36. The summed E-state index contributed by atoms with van der Waals surface area (Å²) in [5, 5.41) is 16.7. The van der Waals surface area contributed by atoms with E-state index in [1.807, 2.05) is 6.07 Å². The molecule has 4 rings (SSSR count). The van der Waals surface area contributed by atoms with E-state index in [-0.39, 0.29) is 6.61 Å². The first-order valence-electron chi connectivity index (χ1n) is 8.79. The molecule has 3 heterocycles. The van der Waals surface area contributed by atoms with Crippen molar-refractivity contribution in [2.24, 2.45) is 0 Å². The van der Waals surface area contributed by atoms with Crippen molar-refractivity contribution < 1.29 is 5.11 Å². The highest BCUT2D eigenvalue weighted by Crippen LogP contribution is 2.39. The third-order valence-corrected chi connectivity index (χ3v) is 6.08. The fourth-order valence-corrected chi connectivity index (χ4v) is 4.34. The van der Waals surface area contributed by atoms with Crippen LogP contribution in [0.15, 0.2) is 18.7 Å². The van der Waals surface area contributed by atoms with Crippen molar-refractivity contribution in [2.75, 3.05) is 23.8 Å². The third-order valence-electron chi connectivity index (χ3n) is 4.97. The van der Waals surface area contributed by atoms with Crippen molar-refractivity contribution in [1.82, 2.24) is 19.9 Å². The summed E-state index contributed by atoms with van der Waals surface area (Å²) >= 11 is 1.72. The maximum atomic E-state index is 8.91. The summed E-state index contributed by atoms with van der Waals surface area (Å²) in [6.45, 7) is 4.84. The summed E-state index contributed by atoms with van der Waals surface area (Å²) < 4.78 is 0. The van der Waals surface area contributed by atoms with Gasteiger partial charge < -0.3 is 15.7 Å². The van der Waals surface area contributed by atoms with Crippen molar-refractivity contribution >= 4 is 33.2 Å². The number of hydrogen-bond acceptors (Lipinski definition) is 8. The number of rotatable bonds is 6. The van der Waals surface area contributed by atoms with Crippen molar-refractivity contribution in [3.05, 3.63) is 34.9 Å². The van der Waals surface area contributed by atoms with E-state index >= 15 is 0 Å². The van der Waals surface area contributed by atoms with Crippen LogP contribution in [0.2, 0.25) is 0 Å². The van der Waals surface area contributed by atoms with Crippen LogP contribution in [0.1, 0.15) is 34.9 Å². The fraction of sp³-hybridized carbons (Fsp3) is 0.444. The van der Waals surface area contributed by atoms with Crippen LogP contribution in [0.25, 0.3) is 10.2 Å². The minimum Gasteiger partial charge on any atom is -0.395 e. The Kier molecular flexibility index (Phi) is 4.69. The standard InChI is InChI=1S/C18H22N6OS/c1-10-11(2)26-18-16(10)17(22-9-23-18)24-13-5-12(6-13)14-7-15(19-3-4-25)21-8-20-14/h7-9,12-13,25H,3-6H2,1-2H3,(H,19,20,21)(H,22,23,24). The van der Waals surface area contributed by atoms with E-state index in [0.717, 1.165) is 40.4 Å². The molecule has 3 aromatic heterocycles. The zero-order chi connectivity index (χ0) is 18.1. The average Bonchev–Trinajstić information content (AvgIpc) is 2.91. The molecule has 0 radical (unpaired) electrons. The smallest absolute Gasteiger partial charge is 0.138 e. The molecular formula is C18H22N6OS. The number of nitrogens with zero attached hydrogens (tertiary/aromatic N) is 4. The normalized spacial score (nSPS) is 19.3. The number of anilines is 2. The largest absolute Gasteiger partial charge is 0.395 e. The van der Waals surface area contributed by atoms with Gasteiger partial charge in [0, 0.05) is 35.1 Å². The van der Waals surface area contributed by atoms with Crippen LogP contribution in [-0.2, 0) is 0 Å². The van der Waals surface area contributed by atoms with E-state index in [4.69, 9.17) is 5.11 Å². The summed E-state index contributed by atoms with van der Waals surface area (Å²) in [4.78, 5) is 19.8. The molecule has 0 bridgehead atoms. The highest BCUT2D eigenvalue weighted by molar-refractivity contribution is 7.18. The average molecular weight is 370 g/mol. The fourth-order valence-electron chi connectivity index (χ4n) is 3.34. The van der Waals surface area contributed by atoms with E-state index < -0.39 is 0 Å². The minimum absolute atomic E-state index is 0.0869. The van der Waals surface area contributed by atoms with Crippen LogP contribution in [0, 0.1) is 13.8 Å². The number of fused-ring (bicyclic) bond motifs is 1. The van der Waals surface area contributed by atoms with Gasteiger partial charge in [-0.05, 0) is 32.3 Å². The molecule has 0 spiro atoms. The summed E-state index contributed by atoms with van der Waals surface area (Å²) in [7, 11) is 0. The number of nitrogens with one attached hydrogen (secondary N) is 2. The Labute approximate surface area is 155 Å². The molecule has 0 unspecified atom stereocenters. The van der Waals surface area contributed by atoms with E-state index in [9.17, 15) is 0 Å². The van der Waals surface area contributed by atoms with E-state index in [2.05, 4.69) is 44.4 Å². The van der Waals surface area contributed by atoms with Gasteiger partial charge in [-0.3, -0.25) is 0 Å². The Morgan fingerprint density at radius 2 is 1.96 bits per heavy atom. The molecule has 0 atom stereocenters. The molecule has 7 nitrogen and oxygen atoms in total. The molecule has 1 fully saturated rings. The van der Waals surface area contributed by atoms with Crippen molar-refractivity contribution in [2.45, 2.75) is 38.6 Å². The second kappa shape index (κ2) is 7.13. The summed E-state index contributed by atoms with van der Waals surface area (Å²) in [5.74, 6) is 2.13. The number of aromatic nitrogens is 4. The molecule has 0 aliphatic heterocycles. The topological polar surface area (TPSA) is 95.9 Å². The van der Waals surface area contributed by atoms with Crippen LogP contribution in [0.5, 0.6) is 0 Å². The molecular weight excluding hydrogens is 348 g/mol. The van der Waals surface area contributed by atoms with Gasteiger partial charge in [0.1, 0.15) is 29.1 Å². The highest BCUT2D eigenvalue weighted by Gasteiger charge is 2.32. The van der Waals surface area contributed by atoms with Crippen molar-refractivity contribution in [1.29, 1.82) is 0 Å². The Morgan fingerprint density at radius 3 is 2.77 bits per heavy atom. The third kappa shape index (κ3) is 3.22. The number of aliphatic hydroxyl groups is 1. The Bertz CT molecular complexity index is 921. The molecule has 1 aliphatic rings. The number of thiophene rings is 1. The molecule has 8 heteroatoms. The highest BCUT2D eigenvalue weighted by atomic mass is 32.1. The molecule has 26 heavy (non-hydrogen) atoms. The molecule has 3 N–H and O–H groups in total. The molecule has 3 aromatic rings. The predicted octanol–water partition coefficient (Wildman–Crippen LogP) is 2.86. The van der Waals surface area contributed by atoms with Gasteiger partial charge in [0.2, 0.25) is 0 Å². The molecule has 0 amide bonds. The zero-order valence-corrected chi connectivity index (χ0v) is 15.7. The molecule has 0 saturated heterocycles. The Balaban J connectivity index is 1.43. The Morgan fingerprint density at radius 1 is 1.15 bits per heavy atom. The van der Waals surface area contributed by atoms with Gasteiger partial charge in [0.25, 0.3) is 0 Å². The van der Waals surface area contributed by atoms with Gasteiger partial charge in [-0.15, -0.1) is 11.3 Å². The molecule has 0 aromatic carbocycles. The maximum absolute atomic E-state index is 8.91. The number of aryl methyl sites for hydroxylation is 2. The summed E-state index contributed by atoms with van der Waals surface area (Å²) in [6.07, 6.45) is 5.26. The maximum Gasteiger partial charge on any atom is 0.138 e. The van der Waals surface area contributed by atoms with E-state index in [1.54, 1.807) is 24.0 Å². The van der Waals surface area contributed by atoms with Gasteiger partial charge >= 0.3 is 0 Å². The van der Waals surface area contributed by atoms with Crippen LogP contribution in [0.4, 0.5) is 11.6 Å². The molecule has 1 aliphatic carbocycles. The Hall–Kier alpha value is -2.32. The van der Waals surface area contributed by atoms with Gasteiger partial charge in [0.05, 0.1) is 12.0 Å². The van der Waals surface area contributed by atoms with Crippen LogP contribution in [-0.4, -0.2) is 44.2 Å². The quantitative estimate of drug-likeness (QED) is 0.614. The van der Waals surface area contributed by atoms with E-state index in [0.29, 0.717) is 18.5 Å². The SMILES string of the molecule is Cc1sc2ncnc(NC3CC(c4cc(NCCO)ncn4)C3)c2c1C. The first-order valence-corrected chi connectivity index (χ1v) is 9.61. The zero-order valence-electron chi connectivity index (χ0n) is 14.9. The second-order valence-electron chi connectivity index (χ2n) is 6.67. The number of hydrogen-bond donors (Lipinski definition) is 3.